The number of rotatable bonds is 7. The van der Waals surface area contributed by atoms with Gasteiger partial charge in [0.15, 0.2) is 0 Å². The number of hydrogen-bond donors (Lipinski definition) is 2. The second-order valence-corrected chi connectivity index (χ2v) is 3.63. The average molecular weight is 257 g/mol. The van der Waals surface area contributed by atoms with Crippen LogP contribution in [0.2, 0.25) is 0 Å². The predicted molar refractivity (Wildman–Crippen MR) is 66.1 cm³/mol. The van der Waals surface area contributed by atoms with Gasteiger partial charge in [-0.05, 0) is 6.92 Å². The Hall–Kier alpha value is -2.05. The third-order valence-corrected chi connectivity index (χ3v) is 2.25. The van der Waals surface area contributed by atoms with Gasteiger partial charge in [-0.2, -0.15) is 0 Å². The standard InChI is InChI=1S/C11H19N3O4/c1-4-6-14(8-10(16)17)11(18)12-7-9(15)13(3)5-2/h4H,1,5-8H2,2-3H3,(H,12,18)(H,16,17). The van der Waals surface area contributed by atoms with Gasteiger partial charge in [0.05, 0.1) is 6.54 Å². The lowest BCUT2D eigenvalue weighted by Crippen LogP contribution is -2.46. The van der Waals surface area contributed by atoms with Crippen LogP contribution in [-0.4, -0.2) is 66.0 Å². The van der Waals surface area contributed by atoms with Crippen molar-refractivity contribution in [3.05, 3.63) is 12.7 Å². The minimum atomic E-state index is -1.12. The van der Waals surface area contributed by atoms with E-state index in [1.807, 2.05) is 6.92 Å². The number of carbonyl (C=O) groups excluding carboxylic acids is 2. The van der Waals surface area contributed by atoms with E-state index in [9.17, 15) is 14.4 Å². The number of amides is 3. The van der Waals surface area contributed by atoms with Gasteiger partial charge in [-0.3, -0.25) is 9.59 Å². The summed E-state index contributed by atoms with van der Waals surface area (Å²) >= 11 is 0. The Morgan fingerprint density at radius 1 is 1.39 bits per heavy atom. The Kier molecular flexibility index (Phi) is 7.18. The summed E-state index contributed by atoms with van der Waals surface area (Å²) in [6.07, 6.45) is 1.42. The molecule has 0 aromatic heterocycles. The first-order valence-electron chi connectivity index (χ1n) is 5.51. The molecule has 0 radical (unpaired) electrons. The van der Waals surface area contributed by atoms with Gasteiger partial charge in [0.2, 0.25) is 5.91 Å². The van der Waals surface area contributed by atoms with E-state index in [2.05, 4.69) is 11.9 Å². The summed E-state index contributed by atoms with van der Waals surface area (Å²) in [5.41, 5.74) is 0. The SMILES string of the molecule is C=CCN(CC(=O)O)C(=O)NCC(=O)N(C)CC. The zero-order chi connectivity index (χ0) is 14.1. The highest BCUT2D eigenvalue weighted by Crippen LogP contribution is 1.91. The molecule has 2 N–H and O–H groups in total. The van der Waals surface area contributed by atoms with Crippen LogP contribution in [0.25, 0.3) is 0 Å². The third-order valence-electron chi connectivity index (χ3n) is 2.25. The smallest absolute Gasteiger partial charge is 0.323 e. The summed E-state index contributed by atoms with van der Waals surface area (Å²) < 4.78 is 0. The van der Waals surface area contributed by atoms with E-state index in [1.165, 1.54) is 11.0 Å². The highest BCUT2D eigenvalue weighted by Gasteiger charge is 2.16. The number of carbonyl (C=O) groups is 3. The summed E-state index contributed by atoms with van der Waals surface area (Å²) in [7, 11) is 1.62. The van der Waals surface area contributed by atoms with Crippen LogP contribution in [0.1, 0.15) is 6.92 Å². The van der Waals surface area contributed by atoms with Gasteiger partial charge in [0.25, 0.3) is 0 Å². The predicted octanol–water partition coefficient (Wildman–Crippen LogP) is -0.253. The third kappa shape index (κ3) is 5.88. The van der Waals surface area contributed by atoms with Crippen molar-refractivity contribution in [1.29, 1.82) is 0 Å². The van der Waals surface area contributed by atoms with Crippen LogP contribution >= 0.6 is 0 Å². The Bertz CT molecular complexity index is 330. The van der Waals surface area contributed by atoms with E-state index < -0.39 is 18.5 Å². The molecule has 7 nitrogen and oxygen atoms in total. The molecule has 102 valence electrons. The molecule has 0 spiro atoms. The first kappa shape index (κ1) is 16.0. The van der Waals surface area contributed by atoms with Gasteiger partial charge in [0.1, 0.15) is 6.54 Å². The molecule has 18 heavy (non-hydrogen) atoms. The molecule has 0 atom stereocenters. The van der Waals surface area contributed by atoms with Crippen molar-refractivity contribution >= 4 is 17.9 Å². The number of carboxylic acid groups (broad SMARTS) is 1. The first-order chi connectivity index (χ1) is 8.42. The molecule has 0 saturated heterocycles. The van der Waals surface area contributed by atoms with Gasteiger partial charge in [-0.1, -0.05) is 6.08 Å². The monoisotopic (exact) mass is 257 g/mol. The van der Waals surface area contributed by atoms with Crippen molar-refractivity contribution in [1.82, 2.24) is 15.1 Å². The quantitative estimate of drug-likeness (QED) is 0.615. The summed E-state index contributed by atoms with van der Waals surface area (Å²) in [5, 5.41) is 11.0. The van der Waals surface area contributed by atoms with Crippen LogP contribution < -0.4 is 5.32 Å². The van der Waals surface area contributed by atoms with E-state index in [0.717, 1.165) is 4.90 Å². The molecule has 7 heteroatoms. The number of nitrogens with one attached hydrogen (secondary N) is 1. The number of likely N-dealkylation sites (N-methyl/N-ethyl adjacent to an activating group) is 1. The van der Waals surface area contributed by atoms with Crippen LogP contribution in [0.4, 0.5) is 4.79 Å². The van der Waals surface area contributed by atoms with Crippen LogP contribution in [0.15, 0.2) is 12.7 Å². The number of hydrogen-bond acceptors (Lipinski definition) is 3. The summed E-state index contributed by atoms with van der Waals surface area (Å²) in [6.45, 7) is 5.31. The Labute approximate surface area is 106 Å². The Morgan fingerprint density at radius 2 is 2.00 bits per heavy atom. The van der Waals surface area contributed by atoms with E-state index in [0.29, 0.717) is 6.54 Å². The lowest BCUT2D eigenvalue weighted by molar-refractivity contribution is -0.137. The number of carboxylic acids is 1. The van der Waals surface area contributed by atoms with Crippen LogP contribution in [0, 0.1) is 0 Å². The van der Waals surface area contributed by atoms with Crippen molar-refractivity contribution in [2.45, 2.75) is 6.92 Å². The minimum absolute atomic E-state index is 0.107. The number of urea groups is 1. The lowest BCUT2D eigenvalue weighted by atomic mass is 10.4. The molecule has 0 saturated carbocycles. The molecule has 0 aliphatic rings. The molecule has 0 bridgehead atoms. The van der Waals surface area contributed by atoms with Gasteiger partial charge in [0, 0.05) is 20.1 Å². The fraction of sp³-hybridized carbons (Fsp3) is 0.545. The fourth-order valence-corrected chi connectivity index (χ4v) is 1.11. The van der Waals surface area contributed by atoms with Crippen LogP contribution in [0.5, 0.6) is 0 Å². The average Bonchev–Trinajstić information content (AvgIpc) is 2.33. The Morgan fingerprint density at radius 3 is 2.44 bits per heavy atom. The summed E-state index contributed by atoms with van der Waals surface area (Å²) in [5.74, 6) is -1.36. The maximum atomic E-state index is 11.6. The molecule has 0 unspecified atom stereocenters. The van der Waals surface area contributed by atoms with Gasteiger partial charge >= 0.3 is 12.0 Å². The zero-order valence-corrected chi connectivity index (χ0v) is 10.7. The van der Waals surface area contributed by atoms with Crippen molar-refractivity contribution in [2.24, 2.45) is 0 Å². The molecule has 0 aliphatic heterocycles. The van der Waals surface area contributed by atoms with Crippen molar-refractivity contribution < 1.29 is 19.5 Å². The summed E-state index contributed by atoms with van der Waals surface area (Å²) in [6, 6.07) is -0.602. The molecule has 0 aromatic carbocycles. The zero-order valence-electron chi connectivity index (χ0n) is 10.7. The Balaban J connectivity index is 4.29. The molecular formula is C11H19N3O4. The lowest BCUT2D eigenvalue weighted by Gasteiger charge is -2.20. The molecule has 0 aromatic rings. The molecule has 0 aliphatic carbocycles. The second kappa shape index (κ2) is 8.10. The second-order valence-electron chi connectivity index (χ2n) is 3.63. The van der Waals surface area contributed by atoms with E-state index in [4.69, 9.17) is 5.11 Å². The maximum absolute atomic E-state index is 11.6. The molecule has 3 amide bonds. The topological polar surface area (TPSA) is 90.0 Å². The van der Waals surface area contributed by atoms with Gasteiger partial charge in [-0.25, -0.2) is 4.79 Å². The van der Waals surface area contributed by atoms with Crippen molar-refractivity contribution in [3.63, 3.8) is 0 Å². The largest absolute Gasteiger partial charge is 0.480 e. The number of nitrogens with zero attached hydrogens (tertiary/aromatic N) is 2. The van der Waals surface area contributed by atoms with E-state index >= 15 is 0 Å². The first-order valence-corrected chi connectivity index (χ1v) is 5.51. The van der Waals surface area contributed by atoms with Crippen molar-refractivity contribution in [3.8, 4) is 0 Å². The fourth-order valence-electron chi connectivity index (χ4n) is 1.11. The molecule has 0 rings (SSSR count). The molecule has 0 fully saturated rings. The van der Waals surface area contributed by atoms with Crippen molar-refractivity contribution in [2.75, 3.05) is 33.2 Å². The molecule has 0 heterocycles. The highest BCUT2D eigenvalue weighted by molar-refractivity contribution is 5.85. The minimum Gasteiger partial charge on any atom is -0.480 e. The van der Waals surface area contributed by atoms with Gasteiger partial charge in [-0.15, -0.1) is 6.58 Å². The van der Waals surface area contributed by atoms with Crippen LogP contribution in [0.3, 0.4) is 0 Å². The van der Waals surface area contributed by atoms with E-state index in [-0.39, 0.29) is 19.0 Å². The number of aliphatic carboxylic acids is 1. The maximum Gasteiger partial charge on any atom is 0.323 e. The molecular weight excluding hydrogens is 238 g/mol. The van der Waals surface area contributed by atoms with Crippen LogP contribution in [-0.2, 0) is 9.59 Å². The van der Waals surface area contributed by atoms with E-state index in [1.54, 1.807) is 7.05 Å². The van der Waals surface area contributed by atoms with Gasteiger partial charge < -0.3 is 20.2 Å². The highest BCUT2D eigenvalue weighted by atomic mass is 16.4. The summed E-state index contributed by atoms with van der Waals surface area (Å²) in [4.78, 5) is 36.1. The normalized spacial score (nSPS) is 9.44.